The number of hydrogen-bond acceptors (Lipinski definition) is 3. The van der Waals surface area contributed by atoms with Crippen molar-refractivity contribution >= 4 is 11.6 Å². The minimum Gasteiger partial charge on any atom is -0.491 e. The smallest absolute Gasteiger partial charge is 0.271 e. The number of rotatable bonds is 4. The van der Waals surface area contributed by atoms with E-state index in [4.69, 9.17) is 4.74 Å². The molecule has 1 aromatic carbocycles. The summed E-state index contributed by atoms with van der Waals surface area (Å²) in [6.07, 6.45) is 6.61. The number of allylic oxidation sites excluding steroid dienone is 2. The summed E-state index contributed by atoms with van der Waals surface area (Å²) in [6.45, 7) is 3.95. The number of carbonyl (C=O) groups excluding carboxylic acids is 1. The third-order valence-corrected chi connectivity index (χ3v) is 3.95. The van der Waals surface area contributed by atoms with Crippen LogP contribution in [0, 0.1) is 11.8 Å². The molecule has 1 amide bonds. The van der Waals surface area contributed by atoms with E-state index < -0.39 is 0 Å². The van der Waals surface area contributed by atoms with Crippen molar-refractivity contribution in [3.8, 4) is 5.75 Å². The Morgan fingerprint density at radius 1 is 1.33 bits per heavy atom. The van der Waals surface area contributed by atoms with E-state index in [-0.39, 0.29) is 12.0 Å². The first-order valence-electron chi connectivity index (χ1n) is 7.43. The highest BCUT2D eigenvalue weighted by Gasteiger charge is 2.37. The summed E-state index contributed by atoms with van der Waals surface area (Å²) in [6, 6.07) is 7.13. The van der Waals surface area contributed by atoms with Crippen molar-refractivity contribution in [1.82, 2.24) is 5.43 Å². The molecule has 0 heterocycles. The molecular formula is C17H20N2O2. The van der Waals surface area contributed by atoms with Gasteiger partial charge in [-0.25, -0.2) is 5.43 Å². The molecule has 110 valence electrons. The Bertz CT molecular complexity index is 587. The lowest BCUT2D eigenvalue weighted by molar-refractivity contribution is 0.0954. The molecule has 4 nitrogen and oxygen atoms in total. The molecular weight excluding hydrogens is 264 g/mol. The van der Waals surface area contributed by atoms with Gasteiger partial charge in [-0.2, -0.15) is 5.10 Å². The van der Waals surface area contributed by atoms with Crippen LogP contribution in [0.25, 0.3) is 0 Å². The molecule has 4 heteroatoms. The number of fused-ring (bicyclic) bond motifs is 1. The summed E-state index contributed by atoms with van der Waals surface area (Å²) >= 11 is 0. The van der Waals surface area contributed by atoms with Gasteiger partial charge in [0.2, 0.25) is 0 Å². The van der Waals surface area contributed by atoms with Crippen LogP contribution in [0.2, 0.25) is 0 Å². The van der Waals surface area contributed by atoms with Gasteiger partial charge in [-0.15, -0.1) is 0 Å². The second-order valence-corrected chi connectivity index (χ2v) is 5.87. The van der Waals surface area contributed by atoms with Gasteiger partial charge < -0.3 is 4.74 Å². The first kappa shape index (κ1) is 13.9. The van der Waals surface area contributed by atoms with Crippen molar-refractivity contribution in [2.45, 2.75) is 32.8 Å². The third kappa shape index (κ3) is 2.99. The maximum absolute atomic E-state index is 12.0. The van der Waals surface area contributed by atoms with Crippen LogP contribution in [-0.4, -0.2) is 17.7 Å². The van der Waals surface area contributed by atoms with Gasteiger partial charge in [-0.3, -0.25) is 4.79 Å². The van der Waals surface area contributed by atoms with Gasteiger partial charge >= 0.3 is 0 Å². The monoisotopic (exact) mass is 284 g/mol. The highest BCUT2D eigenvalue weighted by molar-refractivity contribution is 5.98. The standard InChI is InChI=1S/C17H20N2O2/c1-11(2)21-14-8-6-12(7-9-14)17(20)19-18-16-10-13-4-3-5-15(13)16/h3-4,6-9,11,13,15H,5,10H2,1-2H3,(H,19,20)/b18-16-/t13-,15-/m1/s1. The molecule has 1 aromatic rings. The number of ether oxygens (including phenoxy) is 1. The highest BCUT2D eigenvalue weighted by atomic mass is 16.5. The molecule has 1 saturated carbocycles. The molecule has 2 aliphatic carbocycles. The highest BCUT2D eigenvalue weighted by Crippen LogP contribution is 2.40. The summed E-state index contributed by atoms with van der Waals surface area (Å²) in [4.78, 5) is 12.0. The van der Waals surface area contributed by atoms with Gasteiger partial charge in [-0.1, -0.05) is 12.2 Å². The largest absolute Gasteiger partial charge is 0.491 e. The zero-order chi connectivity index (χ0) is 14.8. The molecule has 1 fully saturated rings. The first-order valence-corrected chi connectivity index (χ1v) is 7.43. The molecule has 0 radical (unpaired) electrons. The Morgan fingerprint density at radius 3 is 2.76 bits per heavy atom. The fourth-order valence-corrected chi connectivity index (χ4v) is 2.81. The molecule has 0 spiro atoms. The van der Waals surface area contributed by atoms with Crippen molar-refractivity contribution in [2.24, 2.45) is 16.9 Å². The molecule has 21 heavy (non-hydrogen) atoms. The zero-order valence-electron chi connectivity index (χ0n) is 12.4. The number of benzene rings is 1. The second kappa shape index (κ2) is 5.72. The molecule has 3 rings (SSSR count). The van der Waals surface area contributed by atoms with Gasteiger partial charge in [0.05, 0.1) is 6.10 Å². The third-order valence-electron chi connectivity index (χ3n) is 3.95. The Morgan fingerprint density at radius 2 is 2.10 bits per heavy atom. The molecule has 1 N–H and O–H groups in total. The second-order valence-electron chi connectivity index (χ2n) is 5.87. The molecule has 0 unspecified atom stereocenters. The predicted octanol–water partition coefficient (Wildman–Crippen LogP) is 3.16. The van der Waals surface area contributed by atoms with Crippen molar-refractivity contribution in [1.29, 1.82) is 0 Å². The maximum atomic E-state index is 12.0. The fourth-order valence-electron chi connectivity index (χ4n) is 2.81. The molecule has 0 aromatic heterocycles. The number of carbonyl (C=O) groups is 1. The summed E-state index contributed by atoms with van der Waals surface area (Å²) in [5.74, 6) is 1.76. The predicted molar refractivity (Wildman–Crippen MR) is 82.5 cm³/mol. The minimum atomic E-state index is -0.173. The van der Waals surface area contributed by atoms with E-state index in [1.807, 2.05) is 26.0 Å². The van der Waals surface area contributed by atoms with Crippen LogP contribution in [0.5, 0.6) is 5.75 Å². The van der Waals surface area contributed by atoms with Crippen molar-refractivity contribution < 1.29 is 9.53 Å². The van der Waals surface area contributed by atoms with E-state index in [9.17, 15) is 4.79 Å². The van der Waals surface area contributed by atoms with E-state index in [1.54, 1.807) is 12.1 Å². The minimum absolute atomic E-state index is 0.127. The van der Waals surface area contributed by atoms with E-state index in [0.717, 1.165) is 24.3 Å². The SMILES string of the molecule is CC(C)Oc1ccc(C(=O)N/N=C2/C[C@H]3C=CC[C@@H]23)cc1. The molecule has 0 bridgehead atoms. The van der Waals surface area contributed by atoms with Crippen molar-refractivity contribution in [3.05, 3.63) is 42.0 Å². The number of amides is 1. The fraction of sp³-hybridized carbons (Fsp3) is 0.412. The summed E-state index contributed by atoms with van der Waals surface area (Å²) in [7, 11) is 0. The van der Waals surface area contributed by atoms with E-state index in [1.165, 1.54) is 0 Å². The van der Waals surface area contributed by atoms with Crippen LogP contribution in [0.3, 0.4) is 0 Å². The number of nitrogens with zero attached hydrogens (tertiary/aromatic N) is 1. The lowest BCUT2D eigenvalue weighted by Gasteiger charge is -2.31. The van der Waals surface area contributed by atoms with E-state index >= 15 is 0 Å². The van der Waals surface area contributed by atoms with Gasteiger partial charge in [0.1, 0.15) is 5.75 Å². The number of hydrogen-bond donors (Lipinski definition) is 1. The average molecular weight is 284 g/mol. The molecule has 0 saturated heterocycles. The van der Waals surface area contributed by atoms with Crippen LogP contribution in [0.15, 0.2) is 41.5 Å². The van der Waals surface area contributed by atoms with E-state index in [0.29, 0.717) is 17.4 Å². The van der Waals surface area contributed by atoms with E-state index in [2.05, 4.69) is 22.7 Å². The quantitative estimate of drug-likeness (QED) is 0.682. The lowest BCUT2D eigenvalue weighted by atomic mass is 9.74. The Balaban J connectivity index is 1.57. The number of nitrogens with one attached hydrogen (secondary N) is 1. The van der Waals surface area contributed by atoms with Crippen molar-refractivity contribution in [2.75, 3.05) is 0 Å². The van der Waals surface area contributed by atoms with Crippen LogP contribution in [-0.2, 0) is 0 Å². The molecule has 2 aliphatic rings. The van der Waals surface area contributed by atoms with Crippen LogP contribution < -0.4 is 10.2 Å². The Labute approximate surface area is 124 Å². The number of hydrazone groups is 1. The Kier molecular flexibility index (Phi) is 3.78. The zero-order valence-corrected chi connectivity index (χ0v) is 12.4. The molecule has 2 atom stereocenters. The summed E-state index contributed by atoms with van der Waals surface area (Å²) in [5.41, 5.74) is 4.36. The average Bonchev–Trinajstić information content (AvgIpc) is 2.80. The normalized spacial score (nSPS) is 24.8. The van der Waals surface area contributed by atoms with Crippen molar-refractivity contribution in [3.63, 3.8) is 0 Å². The van der Waals surface area contributed by atoms with Gasteiger partial charge in [0.25, 0.3) is 5.91 Å². The van der Waals surface area contributed by atoms with Crippen LogP contribution in [0.1, 0.15) is 37.0 Å². The van der Waals surface area contributed by atoms with Gasteiger partial charge in [0, 0.05) is 17.2 Å². The van der Waals surface area contributed by atoms with Gasteiger partial charge in [-0.05, 0) is 56.9 Å². The topological polar surface area (TPSA) is 50.7 Å². The Hall–Kier alpha value is -2.10. The summed E-state index contributed by atoms with van der Waals surface area (Å²) < 4.78 is 5.55. The maximum Gasteiger partial charge on any atom is 0.271 e. The van der Waals surface area contributed by atoms with Gasteiger partial charge in [0.15, 0.2) is 0 Å². The summed E-state index contributed by atoms with van der Waals surface area (Å²) in [5, 5.41) is 4.27. The first-order chi connectivity index (χ1) is 10.1. The van der Waals surface area contributed by atoms with Crippen LogP contribution >= 0.6 is 0 Å². The lowest BCUT2D eigenvalue weighted by Crippen LogP contribution is -2.35. The van der Waals surface area contributed by atoms with Crippen LogP contribution in [0.4, 0.5) is 0 Å². The molecule has 0 aliphatic heterocycles.